The van der Waals surface area contributed by atoms with Crippen LogP contribution in [-0.4, -0.2) is 49.7 Å². The van der Waals surface area contributed by atoms with Gasteiger partial charge in [0.05, 0.1) is 19.6 Å². The van der Waals surface area contributed by atoms with E-state index in [1.807, 2.05) is 6.92 Å². The number of carbonyl (C=O) groups excluding carboxylic acids is 1. The van der Waals surface area contributed by atoms with Crippen LogP contribution in [0.5, 0.6) is 0 Å². The first-order valence-electron chi connectivity index (χ1n) is 6.31. The molecule has 1 rings (SSSR count). The largest absolute Gasteiger partial charge is 0.466 e. The maximum absolute atomic E-state index is 11.1. The van der Waals surface area contributed by atoms with Gasteiger partial charge in [-0.25, -0.2) is 0 Å². The van der Waals surface area contributed by atoms with E-state index in [-0.39, 0.29) is 5.97 Å². The highest BCUT2D eigenvalue weighted by atomic mass is 16.5. The number of ether oxygens (including phenoxy) is 1. The maximum atomic E-state index is 11.1. The van der Waals surface area contributed by atoms with Gasteiger partial charge >= 0.3 is 5.97 Å². The zero-order valence-electron chi connectivity index (χ0n) is 10.6. The summed E-state index contributed by atoms with van der Waals surface area (Å²) in [4.78, 5) is 13.4. The molecule has 0 saturated carbocycles. The lowest BCUT2D eigenvalue weighted by atomic mass is 10.1. The second-order valence-electron chi connectivity index (χ2n) is 4.26. The highest BCUT2D eigenvalue weighted by molar-refractivity contribution is 5.69. The van der Waals surface area contributed by atoms with E-state index >= 15 is 0 Å². The highest BCUT2D eigenvalue weighted by Crippen LogP contribution is 2.09. The highest BCUT2D eigenvalue weighted by Gasteiger charge is 2.17. The van der Waals surface area contributed by atoms with Gasteiger partial charge in [0.15, 0.2) is 0 Å². The van der Waals surface area contributed by atoms with Crippen LogP contribution in [0.15, 0.2) is 0 Å². The third-order valence-corrected chi connectivity index (χ3v) is 2.97. The fraction of sp³-hybridized carbons (Fsp3) is 0.769. The van der Waals surface area contributed by atoms with Crippen molar-refractivity contribution in [2.24, 2.45) is 0 Å². The van der Waals surface area contributed by atoms with Crippen LogP contribution in [0.1, 0.15) is 26.2 Å². The monoisotopic (exact) mass is 238 g/mol. The minimum Gasteiger partial charge on any atom is -0.466 e. The Balaban J connectivity index is 2.06. The first-order valence-corrected chi connectivity index (χ1v) is 6.31. The van der Waals surface area contributed by atoms with E-state index in [0.29, 0.717) is 25.6 Å². The van der Waals surface area contributed by atoms with Crippen LogP contribution in [0.4, 0.5) is 0 Å². The molecule has 0 spiro atoms. The predicted octanol–water partition coefficient (Wildman–Crippen LogP) is 0.627. The van der Waals surface area contributed by atoms with E-state index in [9.17, 15) is 4.79 Å². The third-order valence-electron chi connectivity index (χ3n) is 2.97. The topological polar surface area (TPSA) is 41.6 Å². The quantitative estimate of drug-likeness (QED) is 0.544. The Hall–Kier alpha value is -1.05. The van der Waals surface area contributed by atoms with Gasteiger partial charge in [-0.1, -0.05) is 5.92 Å². The first-order chi connectivity index (χ1) is 8.26. The Kier molecular flexibility index (Phi) is 6.68. The van der Waals surface area contributed by atoms with Crippen molar-refractivity contribution in [2.45, 2.75) is 32.2 Å². The summed E-state index contributed by atoms with van der Waals surface area (Å²) >= 11 is 0. The Morgan fingerprint density at radius 2 is 2.24 bits per heavy atom. The Morgan fingerprint density at radius 3 is 2.82 bits per heavy atom. The summed E-state index contributed by atoms with van der Waals surface area (Å²) in [6.45, 7) is 5.83. The van der Waals surface area contributed by atoms with Crippen molar-refractivity contribution in [3.8, 4) is 12.3 Å². The van der Waals surface area contributed by atoms with Gasteiger partial charge in [0.2, 0.25) is 0 Å². The number of esters is 1. The number of piperidine rings is 1. The molecule has 1 fully saturated rings. The molecule has 1 aliphatic heterocycles. The van der Waals surface area contributed by atoms with E-state index in [4.69, 9.17) is 11.2 Å². The summed E-state index contributed by atoms with van der Waals surface area (Å²) in [5, 5.41) is 3.39. The van der Waals surface area contributed by atoms with Crippen LogP contribution < -0.4 is 5.32 Å². The number of nitrogens with zero attached hydrogens (tertiary/aromatic N) is 1. The standard InChI is InChI=1S/C13H22N2O2/c1-3-9-15-10-6-12(7-11-15)14-8-5-13(16)17-4-2/h1,12,14H,4-11H2,2H3. The molecule has 0 aromatic carbocycles. The van der Waals surface area contributed by atoms with Crippen LogP contribution in [0.3, 0.4) is 0 Å². The molecule has 1 aliphatic rings. The number of rotatable bonds is 6. The molecule has 1 saturated heterocycles. The second kappa shape index (κ2) is 8.10. The smallest absolute Gasteiger partial charge is 0.307 e. The molecule has 1 heterocycles. The second-order valence-corrected chi connectivity index (χ2v) is 4.26. The molecule has 0 radical (unpaired) electrons. The first kappa shape index (κ1) is 14.0. The molecule has 0 amide bonds. The Bertz CT molecular complexity index is 265. The molecule has 0 aliphatic carbocycles. The van der Waals surface area contributed by atoms with Crippen LogP contribution in [0.25, 0.3) is 0 Å². The van der Waals surface area contributed by atoms with Crippen LogP contribution >= 0.6 is 0 Å². The van der Waals surface area contributed by atoms with Crippen LogP contribution in [0.2, 0.25) is 0 Å². The number of likely N-dealkylation sites (tertiary alicyclic amines) is 1. The zero-order valence-corrected chi connectivity index (χ0v) is 10.6. The minimum atomic E-state index is -0.121. The number of hydrogen-bond donors (Lipinski definition) is 1. The fourth-order valence-electron chi connectivity index (χ4n) is 2.04. The zero-order chi connectivity index (χ0) is 12.5. The predicted molar refractivity (Wildman–Crippen MR) is 67.5 cm³/mol. The summed E-state index contributed by atoms with van der Waals surface area (Å²) in [5.74, 6) is 2.55. The van der Waals surface area contributed by atoms with E-state index in [1.165, 1.54) is 0 Å². The van der Waals surface area contributed by atoms with Gasteiger partial charge in [-0.05, 0) is 19.8 Å². The third kappa shape index (κ3) is 5.71. The van der Waals surface area contributed by atoms with Gasteiger partial charge in [-0.2, -0.15) is 0 Å². The number of nitrogens with one attached hydrogen (secondary N) is 1. The lowest BCUT2D eigenvalue weighted by Gasteiger charge is -2.31. The van der Waals surface area contributed by atoms with Gasteiger partial charge in [0.1, 0.15) is 0 Å². The molecular formula is C13H22N2O2. The lowest BCUT2D eigenvalue weighted by molar-refractivity contribution is -0.143. The average Bonchev–Trinajstić information content (AvgIpc) is 2.32. The van der Waals surface area contributed by atoms with E-state index < -0.39 is 0 Å². The summed E-state index contributed by atoms with van der Waals surface area (Å²) in [5.41, 5.74) is 0. The number of hydrogen-bond acceptors (Lipinski definition) is 4. The molecule has 96 valence electrons. The van der Waals surface area contributed by atoms with E-state index in [2.05, 4.69) is 16.1 Å². The molecule has 4 heteroatoms. The molecule has 0 unspecified atom stereocenters. The molecule has 0 bridgehead atoms. The minimum absolute atomic E-state index is 0.121. The number of terminal acetylenes is 1. The SMILES string of the molecule is C#CCN1CCC(NCCC(=O)OCC)CC1. The number of carbonyl (C=O) groups is 1. The lowest BCUT2D eigenvalue weighted by Crippen LogP contribution is -2.43. The van der Waals surface area contributed by atoms with Gasteiger partial charge in [-0.3, -0.25) is 9.69 Å². The van der Waals surface area contributed by atoms with E-state index in [1.54, 1.807) is 0 Å². The van der Waals surface area contributed by atoms with Crippen molar-refractivity contribution < 1.29 is 9.53 Å². The van der Waals surface area contributed by atoms with Crippen molar-refractivity contribution in [1.29, 1.82) is 0 Å². The van der Waals surface area contributed by atoms with Crippen molar-refractivity contribution in [2.75, 3.05) is 32.8 Å². The van der Waals surface area contributed by atoms with Gasteiger partial charge in [0, 0.05) is 25.7 Å². The van der Waals surface area contributed by atoms with E-state index in [0.717, 1.165) is 32.5 Å². The molecule has 17 heavy (non-hydrogen) atoms. The summed E-state index contributed by atoms with van der Waals surface area (Å²) in [6, 6.07) is 0.512. The van der Waals surface area contributed by atoms with Crippen molar-refractivity contribution in [3.63, 3.8) is 0 Å². The summed E-state index contributed by atoms with van der Waals surface area (Å²) < 4.78 is 4.87. The average molecular weight is 238 g/mol. The molecule has 0 aromatic heterocycles. The normalized spacial score (nSPS) is 17.6. The van der Waals surface area contributed by atoms with Crippen LogP contribution in [-0.2, 0) is 9.53 Å². The Labute approximate surface area is 104 Å². The molecule has 0 aromatic rings. The fourth-order valence-corrected chi connectivity index (χ4v) is 2.04. The van der Waals surface area contributed by atoms with Gasteiger partial charge < -0.3 is 10.1 Å². The molecule has 1 N–H and O–H groups in total. The van der Waals surface area contributed by atoms with Crippen molar-refractivity contribution in [3.05, 3.63) is 0 Å². The Morgan fingerprint density at radius 1 is 1.53 bits per heavy atom. The van der Waals surface area contributed by atoms with Crippen LogP contribution in [0, 0.1) is 12.3 Å². The summed E-state index contributed by atoms with van der Waals surface area (Å²) in [7, 11) is 0. The maximum Gasteiger partial charge on any atom is 0.307 e. The van der Waals surface area contributed by atoms with Crippen molar-refractivity contribution >= 4 is 5.97 Å². The van der Waals surface area contributed by atoms with Gasteiger partial charge in [-0.15, -0.1) is 6.42 Å². The molecule has 4 nitrogen and oxygen atoms in total. The van der Waals surface area contributed by atoms with Crippen molar-refractivity contribution in [1.82, 2.24) is 10.2 Å². The summed E-state index contributed by atoms with van der Waals surface area (Å²) in [6.07, 6.45) is 7.94. The molecule has 0 atom stereocenters. The van der Waals surface area contributed by atoms with Gasteiger partial charge in [0.25, 0.3) is 0 Å². The molecular weight excluding hydrogens is 216 g/mol.